The maximum atomic E-state index is 13.9. The minimum atomic E-state index is -1.29. The summed E-state index contributed by atoms with van der Waals surface area (Å²) >= 11 is 0. The molecule has 1 aromatic carbocycles. The summed E-state index contributed by atoms with van der Waals surface area (Å²) in [5.41, 5.74) is -0.547. The van der Waals surface area contributed by atoms with Crippen molar-refractivity contribution in [2.45, 2.75) is 76.9 Å². The van der Waals surface area contributed by atoms with Crippen LogP contribution >= 0.6 is 0 Å². The van der Waals surface area contributed by atoms with Gasteiger partial charge in [-0.1, -0.05) is 44.2 Å². The van der Waals surface area contributed by atoms with Crippen molar-refractivity contribution in [1.82, 2.24) is 15.1 Å². The van der Waals surface area contributed by atoms with Gasteiger partial charge >= 0.3 is 5.97 Å². The van der Waals surface area contributed by atoms with E-state index in [2.05, 4.69) is 10.4 Å². The number of ether oxygens (including phenoxy) is 2. The Bertz CT molecular complexity index is 1090. The lowest BCUT2D eigenvalue weighted by Crippen LogP contribution is -2.65. The second-order valence-corrected chi connectivity index (χ2v) is 9.39. The van der Waals surface area contributed by atoms with E-state index in [9.17, 15) is 14.4 Å². The van der Waals surface area contributed by atoms with E-state index >= 15 is 0 Å². The lowest BCUT2D eigenvalue weighted by Gasteiger charge is -2.44. The van der Waals surface area contributed by atoms with Crippen molar-refractivity contribution >= 4 is 23.5 Å². The third-order valence-electron chi connectivity index (χ3n) is 6.89. The summed E-state index contributed by atoms with van der Waals surface area (Å²) < 4.78 is 12.1. The topological polar surface area (TPSA) is 103 Å². The molecule has 188 valence electrons. The third-order valence-corrected chi connectivity index (χ3v) is 6.89. The first-order valence-electron chi connectivity index (χ1n) is 12.4. The van der Waals surface area contributed by atoms with Gasteiger partial charge in [-0.05, 0) is 38.8 Å². The van der Waals surface area contributed by atoms with Crippen molar-refractivity contribution in [3.63, 3.8) is 0 Å². The Morgan fingerprint density at radius 3 is 2.51 bits per heavy atom. The third kappa shape index (κ3) is 4.90. The van der Waals surface area contributed by atoms with E-state index < -0.39 is 17.4 Å². The van der Waals surface area contributed by atoms with Crippen molar-refractivity contribution < 1.29 is 23.9 Å². The van der Waals surface area contributed by atoms with E-state index in [-0.39, 0.29) is 36.5 Å². The average Bonchev–Trinajstić information content (AvgIpc) is 3.25. The van der Waals surface area contributed by atoms with Gasteiger partial charge in [-0.2, -0.15) is 5.10 Å². The molecule has 1 aromatic heterocycles. The summed E-state index contributed by atoms with van der Waals surface area (Å²) in [5.74, 6) is -0.809. The fraction of sp³-hybridized carbons (Fsp3) is 0.538. The first-order chi connectivity index (χ1) is 16.9. The molecule has 0 radical (unpaired) electrons. The predicted molar refractivity (Wildman–Crippen MR) is 131 cm³/mol. The van der Waals surface area contributed by atoms with Gasteiger partial charge in [0, 0.05) is 12.1 Å². The maximum Gasteiger partial charge on any atom is 0.358 e. The first kappa shape index (κ1) is 24.8. The molecule has 1 atom stereocenters. The summed E-state index contributed by atoms with van der Waals surface area (Å²) in [5, 5.41) is 7.55. The van der Waals surface area contributed by atoms with Crippen LogP contribution in [0.3, 0.4) is 0 Å². The Morgan fingerprint density at radius 2 is 1.83 bits per heavy atom. The van der Waals surface area contributed by atoms with Gasteiger partial charge in [-0.3, -0.25) is 19.2 Å². The van der Waals surface area contributed by atoms with Crippen molar-refractivity contribution in [3.05, 3.63) is 41.7 Å². The number of hydrogen-bond acceptors (Lipinski definition) is 6. The monoisotopic (exact) mass is 482 g/mol. The standard InChI is InChI=1S/C26H34N4O5/c1-4-35-24(32)19-16-21-23(31)30(20-14-10-11-15-22(20)34-3)26(2,17-29(21)28-19)25(33)27-18-12-8-6-5-7-9-13-18/h10-11,14-16,18H,4-9,12-13,17H2,1-3H3,(H,27,33). The van der Waals surface area contributed by atoms with Crippen molar-refractivity contribution in [1.29, 1.82) is 0 Å². The lowest BCUT2D eigenvalue weighted by molar-refractivity contribution is -0.127. The fourth-order valence-electron chi connectivity index (χ4n) is 5.02. The predicted octanol–water partition coefficient (Wildman–Crippen LogP) is 3.72. The van der Waals surface area contributed by atoms with Crippen LogP contribution < -0.4 is 15.0 Å². The molecule has 9 heteroatoms. The number of aromatic nitrogens is 2. The van der Waals surface area contributed by atoms with E-state index in [1.165, 1.54) is 42.0 Å². The lowest BCUT2D eigenvalue weighted by atomic mass is 9.91. The minimum absolute atomic E-state index is 0.0415. The zero-order chi connectivity index (χ0) is 25.0. The molecule has 2 aromatic rings. The average molecular weight is 483 g/mol. The number of carbonyl (C=O) groups excluding carboxylic acids is 3. The van der Waals surface area contributed by atoms with Gasteiger partial charge in [0.2, 0.25) is 5.91 Å². The van der Waals surface area contributed by atoms with Crippen molar-refractivity contribution in [3.8, 4) is 5.75 Å². The van der Waals surface area contributed by atoms with Crippen LogP contribution in [-0.2, 0) is 16.1 Å². The minimum Gasteiger partial charge on any atom is -0.495 e. The first-order valence-corrected chi connectivity index (χ1v) is 12.4. The number of benzene rings is 1. The number of anilines is 1. The molecule has 4 rings (SSSR count). The number of fused-ring (bicyclic) bond motifs is 1. The highest BCUT2D eigenvalue weighted by atomic mass is 16.5. The number of nitrogens with one attached hydrogen (secondary N) is 1. The highest BCUT2D eigenvalue weighted by Gasteiger charge is 2.50. The Kier molecular flexibility index (Phi) is 7.42. The molecule has 1 aliphatic carbocycles. The van der Waals surface area contributed by atoms with Gasteiger partial charge < -0.3 is 14.8 Å². The van der Waals surface area contributed by atoms with Crippen LogP contribution in [0.1, 0.15) is 79.8 Å². The molecule has 1 N–H and O–H groups in total. The summed E-state index contributed by atoms with van der Waals surface area (Å²) in [6.45, 7) is 3.73. The number of amides is 2. The number of methoxy groups -OCH3 is 1. The van der Waals surface area contributed by atoms with Gasteiger partial charge in [-0.15, -0.1) is 0 Å². The summed E-state index contributed by atoms with van der Waals surface area (Å²) in [6, 6.07) is 8.61. The molecule has 1 unspecified atom stereocenters. The molecular weight excluding hydrogens is 448 g/mol. The van der Waals surface area contributed by atoms with Gasteiger partial charge in [-0.25, -0.2) is 4.79 Å². The summed E-state index contributed by atoms with van der Waals surface area (Å²) in [6.07, 6.45) is 7.56. The van der Waals surface area contributed by atoms with Crippen molar-refractivity contribution in [2.24, 2.45) is 0 Å². The Morgan fingerprint density at radius 1 is 1.14 bits per heavy atom. The van der Waals surface area contributed by atoms with Crippen molar-refractivity contribution in [2.75, 3.05) is 18.6 Å². The van der Waals surface area contributed by atoms with Gasteiger partial charge in [0.1, 0.15) is 17.0 Å². The van der Waals surface area contributed by atoms with Crippen LogP contribution in [0.4, 0.5) is 5.69 Å². The SMILES string of the molecule is CCOC(=O)c1cc2n(n1)CC(C)(C(=O)NC1CCCCCCC1)N(c1ccccc1OC)C2=O. The van der Waals surface area contributed by atoms with E-state index in [4.69, 9.17) is 9.47 Å². The quantitative estimate of drug-likeness (QED) is 0.630. The largest absolute Gasteiger partial charge is 0.495 e. The van der Waals surface area contributed by atoms with Crippen LogP contribution in [-0.4, -0.2) is 52.9 Å². The van der Waals surface area contributed by atoms with Gasteiger partial charge in [0.05, 0.1) is 25.9 Å². The fourth-order valence-corrected chi connectivity index (χ4v) is 5.02. The molecule has 0 saturated heterocycles. The number of nitrogens with zero attached hydrogens (tertiary/aromatic N) is 3. The smallest absolute Gasteiger partial charge is 0.358 e. The molecule has 0 bridgehead atoms. The second kappa shape index (κ2) is 10.5. The molecule has 2 heterocycles. The molecule has 0 spiro atoms. The van der Waals surface area contributed by atoms with Crippen LogP contribution in [0, 0.1) is 0 Å². The highest BCUT2D eigenvalue weighted by molar-refractivity contribution is 6.13. The summed E-state index contributed by atoms with van der Waals surface area (Å²) in [4.78, 5) is 41.6. The Labute approximate surface area is 205 Å². The maximum absolute atomic E-state index is 13.9. The van der Waals surface area contributed by atoms with E-state index in [1.54, 1.807) is 32.0 Å². The molecule has 1 fully saturated rings. The summed E-state index contributed by atoms with van der Waals surface area (Å²) in [7, 11) is 1.53. The van der Waals surface area contributed by atoms with Crippen LogP contribution in [0.2, 0.25) is 0 Å². The molecule has 9 nitrogen and oxygen atoms in total. The van der Waals surface area contributed by atoms with Crippen LogP contribution in [0.25, 0.3) is 0 Å². The zero-order valence-corrected chi connectivity index (χ0v) is 20.7. The Hall–Kier alpha value is -3.36. The number of carbonyl (C=O) groups is 3. The molecule has 2 aliphatic rings. The number of para-hydroxylation sites is 2. The van der Waals surface area contributed by atoms with Crippen LogP contribution in [0.5, 0.6) is 5.75 Å². The Balaban J connectivity index is 1.74. The zero-order valence-electron chi connectivity index (χ0n) is 20.7. The molecule has 2 amide bonds. The number of hydrogen-bond donors (Lipinski definition) is 1. The number of rotatable bonds is 6. The molecule has 1 saturated carbocycles. The highest BCUT2D eigenvalue weighted by Crippen LogP contribution is 2.38. The van der Waals surface area contributed by atoms with Gasteiger partial charge in [0.15, 0.2) is 5.69 Å². The van der Waals surface area contributed by atoms with E-state index in [1.807, 2.05) is 6.07 Å². The van der Waals surface area contributed by atoms with Gasteiger partial charge in [0.25, 0.3) is 5.91 Å². The molecular formula is C26H34N4O5. The molecule has 1 aliphatic heterocycles. The van der Waals surface area contributed by atoms with E-state index in [0.29, 0.717) is 11.4 Å². The normalized spacial score (nSPS) is 21.0. The van der Waals surface area contributed by atoms with Crippen LogP contribution in [0.15, 0.2) is 30.3 Å². The number of esters is 1. The second-order valence-electron chi connectivity index (χ2n) is 9.39. The molecule has 35 heavy (non-hydrogen) atoms. The van der Waals surface area contributed by atoms with E-state index in [0.717, 1.165) is 25.7 Å².